The summed E-state index contributed by atoms with van der Waals surface area (Å²) >= 11 is -2.60. The Hall–Kier alpha value is -0.311. The van der Waals surface area contributed by atoms with Crippen molar-refractivity contribution < 1.29 is 4.79 Å². The van der Waals surface area contributed by atoms with Crippen molar-refractivity contribution in [1.29, 1.82) is 0 Å². The summed E-state index contributed by atoms with van der Waals surface area (Å²) in [4.78, 5) is 13.0. The molecule has 0 heterocycles. The Balaban J connectivity index is 3.34. The van der Waals surface area contributed by atoms with Gasteiger partial charge in [-0.25, -0.2) is 0 Å². The van der Waals surface area contributed by atoms with Crippen LogP contribution in [0.3, 0.4) is 0 Å². The molecule has 1 aromatic rings. The molecule has 0 amide bonds. The minimum absolute atomic E-state index is 0.548. The van der Waals surface area contributed by atoms with Crippen molar-refractivity contribution >= 4 is 22.2 Å². The molecule has 0 N–H and O–H groups in total. The minimum atomic E-state index is -2.60. The molecule has 0 unspecified atom stereocenters. The average molecular weight is 353 g/mol. The zero-order valence-electron chi connectivity index (χ0n) is 12.7. The van der Waals surface area contributed by atoms with Crippen molar-refractivity contribution in [1.82, 2.24) is 0 Å². The van der Waals surface area contributed by atoms with Gasteiger partial charge in [-0.3, -0.25) is 0 Å². The standard InChI is InChI=1S/C10H11O.3C2H5.Sn/c1-7-4-8(2)10(6-11)9(3)5-7;3*1-2;/h4-5H,1-3H3;3*1H2,2H3;. The zero-order chi connectivity index (χ0) is 13.9. The van der Waals surface area contributed by atoms with Crippen molar-refractivity contribution in [3.63, 3.8) is 0 Å². The Labute approximate surface area is 116 Å². The molecular weight excluding hydrogens is 327 g/mol. The Morgan fingerprint density at radius 1 is 0.944 bits per heavy atom. The van der Waals surface area contributed by atoms with Crippen LogP contribution in [0.15, 0.2) is 12.1 Å². The van der Waals surface area contributed by atoms with Gasteiger partial charge < -0.3 is 0 Å². The molecule has 100 valence electrons. The first-order valence-corrected chi connectivity index (χ1v) is 14.5. The van der Waals surface area contributed by atoms with Crippen LogP contribution in [-0.2, 0) is 0 Å². The number of hydrogen-bond acceptors (Lipinski definition) is 1. The third-order valence-electron chi connectivity index (χ3n) is 4.42. The first kappa shape index (κ1) is 15.7. The summed E-state index contributed by atoms with van der Waals surface area (Å²) in [6.07, 6.45) is 0. The van der Waals surface area contributed by atoms with Gasteiger partial charge in [-0.05, 0) is 0 Å². The number of rotatable bonds is 5. The van der Waals surface area contributed by atoms with E-state index in [1.54, 1.807) is 0 Å². The van der Waals surface area contributed by atoms with E-state index < -0.39 is 18.4 Å². The van der Waals surface area contributed by atoms with E-state index in [-0.39, 0.29) is 0 Å². The monoisotopic (exact) mass is 354 g/mol. The number of hydrogen-bond donors (Lipinski definition) is 0. The second-order valence-electron chi connectivity index (χ2n) is 5.44. The number of carbonyl (C=O) groups is 1. The molecule has 0 saturated heterocycles. The van der Waals surface area contributed by atoms with Crippen LogP contribution in [-0.4, -0.2) is 22.2 Å². The van der Waals surface area contributed by atoms with E-state index in [1.807, 2.05) is 0 Å². The van der Waals surface area contributed by atoms with Gasteiger partial charge in [0.1, 0.15) is 0 Å². The maximum atomic E-state index is 13.0. The summed E-state index contributed by atoms with van der Waals surface area (Å²) in [6, 6.07) is 4.30. The fourth-order valence-corrected chi connectivity index (χ4v) is 12.7. The predicted octanol–water partition coefficient (Wildman–Crippen LogP) is 4.84. The third-order valence-corrected chi connectivity index (χ3v) is 19.5. The first-order valence-electron chi connectivity index (χ1n) is 7.04. The molecule has 1 rings (SSSR count). The fourth-order valence-electron chi connectivity index (χ4n) is 3.04. The molecule has 0 aromatic heterocycles. The van der Waals surface area contributed by atoms with Gasteiger partial charge in [-0.1, -0.05) is 0 Å². The van der Waals surface area contributed by atoms with Gasteiger partial charge >= 0.3 is 116 Å². The molecule has 18 heavy (non-hydrogen) atoms. The van der Waals surface area contributed by atoms with Crippen LogP contribution < -0.4 is 0 Å². The molecular formula is C16H26OSn. The van der Waals surface area contributed by atoms with Crippen LogP contribution in [0.2, 0.25) is 13.3 Å². The van der Waals surface area contributed by atoms with Gasteiger partial charge in [0, 0.05) is 0 Å². The molecule has 0 aliphatic heterocycles. The van der Waals surface area contributed by atoms with Crippen molar-refractivity contribution in [3.05, 3.63) is 34.4 Å². The Bertz CT molecular complexity index is 413. The van der Waals surface area contributed by atoms with Crippen LogP contribution >= 0.6 is 0 Å². The van der Waals surface area contributed by atoms with Crippen molar-refractivity contribution in [2.75, 3.05) is 0 Å². The summed E-state index contributed by atoms with van der Waals surface area (Å²) in [5.41, 5.74) is 4.65. The van der Waals surface area contributed by atoms with Gasteiger partial charge in [-0.15, -0.1) is 0 Å². The molecule has 0 bridgehead atoms. The van der Waals surface area contributed by atoms with E-state index in [1.165, 1.54) is 16.7 Å². The van der Waals surface area contributed by atoms with Crippen LogP contribution in [0.1, 0.15) is 47.8 Å². The van der Waals surface area contributed by atoms with Crippen LogP contribution in [0.5, 0.6) is 0 Å². The molecule has 1 nitrogen and oxygen atoms in total. The molecule has 0 saturated carbocycles. The first-order chi connectivity index (χ1) is 8.41. The summed E-state index contributed by atoms with van der Waals surface area (Å²) < 4.78 is 3.94. The Morgan fingerprint density at radius 2 is 1.33 bits per heavy atom. The van der Waals surface area contributed by atoms with Gasteiger partial charge in [0.15, 0.2) is 0 Å². The van der Waals surface area contributed by atoms with E-state index >= 15 is 0 Å². The average Bonchev–Trinajstić information content (AvgIpc) is 2.30. The van der Waals surface area contributed by atoms with Gasteiger partial charge in [0.25, 0.3) is 0 Å². The van der Waals surface area contributed by atoms with Gasteiger partial charge in [0.05, 0.1) is 0 Å². The molecule has 0 radical (unpaired) electrons. The second kappa shape index (κ2) is 6.22. The second-order valence-corrected chi connectivity index (χ2v) is 20.1. The Kier molecular flexibility index (Phi) is 5.44. The normalized spacial score (nSPS) is 11.7. The molecule has 0 fully saturated rings. The molecule has 2 heteroatoms. The van der Waals surface area contributed by atoms with Crippen LogP contribution in [0.4, 0.5) is 0 Å². The van der Waals surface area contributed by atoms with Crippen molar-refractivity contribution in [2.45, 2.75) is 54.9 Å². The Morgan fingerprint density at radius 3 is 1.67 bits per heavy atom. The molecule has 1 aromatic carbocycles. The van der Waals surface area contributed by atoms with Gasteiger partial charge in [0.2, 0.25) is 0 Å². The van der Waals surface area contributed by atoms with Crippen molar-refractivity contribution in [2.24, 2.45) is 0 Å². The fraction of sp³-hybridized carbons (Fsp3) is 0.562. The van der Waals surface area contributed by atoms with E-state index in [2.05, 4.69) is 53.7 Å². The summed E-state index contributed by atoms with van der Waals surface area (Å²) in [5.74, 6) is 0. The quantitative estimate of drug-likeness (QED) is 0.693. The van der Waals surface area contributed by atoms with E-state index in [0.29, 0.717) is 3.80 Å². The van der Waals surface area contributed by atoms with E-state index in [9.17, 15) is 4.79 Å². The topological polar surface area (TPSA) is 17.1 Å². The predicted molar refractivity (Wildman–Crippen MR) is 82.2 cm³/mol. The van der Waals surface area contributed by atoms with E-state index in [0.717, 1.165) is 18.9 Å². The van der Waals surface area contributed by atoms with Crippen LogP contribution in [0.25, 0.3) is 0 Å². The molecule has 0 aliphatic rings. The number of carbonyl (C=O) groups excluding carboxylic acids is 1. The van der Waals surface area contributed by atoms with Crippen LogP contribution in [0, 0.1) is 20.8 Å². The van der Waals surface area contributed by atoms with Crippen molar-refractivity contribution in [3.8, 4) is 0 Å². The molecule has 0 aliphatic carbocycles. The van der Waals surface area contributed by atoms with Gasteiger partial charge in [-0.2, -0.15) is 0 Å². The maximum absolute atomic E-state index is 13.0. The zero-order valence-corrected chi connectivity index (χ0v) is 15.5. The SMILES string of the molecule is C[CH2][Sn]([CH2]C)([CH2]C)[C](=O)c1c(C)cc(C)cc1C. The van der Waals surface area contributed by atoms with E-state index in [4.69, 9.17) is 0 Å². The number of benzene rings is 1. The summed E-state index contributed by atoms with van der Waals surface area (Å²) in [6.45, 7) is 12.9. The summed E-state index contributed by atoms with van der Waals surface area (Å²) in [7, 11) is 0. The molecule has 0 atom stereocenters. The molecule has 0 spiro atoms. The summed E-state index contributed by atoms with van der Waals surface area (Å²) in [5, 5.41) is 0. The third kappa shape index (κ3) is 2.81. The number of aryl methyl sites for hydroxylation is 3.